The first-order chi connectivity index (χ1) is 13.3. The Morgan fingerprint density at radius 2 is 2.00 bits per heavy atom. The lowest BCUT2D eigenvalue weighted by atomic mass is 9.91. The van der Waals surface area contributed by atoms with Crippen LogP contribution in [0.3, 0.4) is 0 Å². The van der Waals surface area contributed by atoms with E-state index < -0.39 is 17.1 Å². The molecule has 0 aromatic carbocycles. The molecule has 3 N–H and O–H groups in total. The zero-order valence-corrected chi connectivity index (χ0v) is 16.5. The van der Waals surface area contributed by atoms with Gasteiger partial charge in [0, 0.05) is 24.7 Å². The third-order valence-electron chi connectivity index (χ3n) is 6.12. The molecule has 1 saturated heterocycles. The van der Waals surface area contributed by atoms with E-state index in [9.17, 15) is 9.59 Å². The molecule has 0 radical (unpaired) electrons. The zero-order chi connectivity index (χ0) is 20.2. The van der Waals surface area contributed by atoms with Gasteiger partial charge in [-0.15, -0.1) is 0 Å². The number of H-pyrrole nitrogens is 1. The minimum absolute atomic E-state index is 0.0343. The molecule has 1 aliphatic heterocycles. The van der Waals surface area contributed by atoms with E-state index in [4.69, 9.17) is 10.5 Å². The van der Waals surface area contributed by atoms with Crippen molar-refractivity contribution in [2.45, 2.75) is 45.1 Å². The number of pyridine rings is 1. The van der Waals surface area contributed by atoms with E-state index in [2.05, 4.69) is 18.8 Å². The van der Waals surface area contributed by atoms with E-state index in [1.54, 1.807) is 0 Å². The summed E-state index contributed by atoms with van der Waals surface area (Å²) in [6, 6.07) is 0.0343. The van der Waals surface area contributed by atoms with Crippen molar-refractivity contribution in [2.75, 3.05) is 25.1 Å². The number of rotatable bonds is 5. The molecular weight excluding hydrogens is 363 g/mol. The molecule has 2 aromatic rings. The first-order valence-corrected chi connectivity index (χ1v) is 9.89. The van der Waals surface area contributed by atoms with E-state index >= 15 is 4.39 Å². The summed E-state index contributed by atoms with van der Waals surface area (Å²) in [5, 5.41) is 0. The van der Waals surface area contributed by atoms with Crippen molar-refractivity contribution in [3.63, 3.8) is 0 Å². The smallest absolute Gasteiger partial charge is 0.333 e. The Labute approximate surface area is 162 Å². The Morgan fingerprint density at radius 1 is 1.29 bits per heavy atom. The Kier molecular flexibility index (Phi) is 4.69. The number of anilines is 1. The fourth-order valence-corrected chi connectivity index (χ4v) is 4.40. The highest BCUT2D eigenvalue weighted by Crippen LogP contribution is 2.45. The van der Waals surface area contributed by atoms with Crippen molar-refractivity contribution >= 4 is 11.2 Å². The van der Waals surface area contributed by atoms with Crippen molar-refractivity contribution in [1.29, 1.82) is 0 Å². The predicted octanol–water partition coefficient (Wildman–Crippen LogP) is 1.82. The van der Waals surface area contributed by atoms with Crippen LogP contribution in [0, 0.1) is 17.7 Å². The molecule has 7 nitrogen and oxygen atoms in total. The molecule has 2 aliphatic rings. The van der Waals surface area contributed by atoms with E-state index in [1.165, 1.54) is 11.5 Å². The highest BCUT2D eigenvalue weighted by atomic mass is 19.1. The van der Waals surface area contributed by atoms with Gasteiger partial charge in [0.05, 0.1) is 13.3 Å². The van der Waals surface area contributed by atoms with Gasteiger partial charge in [0.25, 0.3) is 5.56 Å². The summed E-state index contributed by atoms with van der Waals surface area (Å²) < 4.78 is 21.9. The first kappa shape index (κ1) is 19.0. The van der Waals surface area contributed by atoms with E-state index in [-0.39, 0.29) is 23.6 Å². The molecule has 2 unspecified atom stereocenters. The molecule has 2 fully saturated rings. The highest BCUT2D eigenvalue weighted by Gasteiger charge is 2.35. The standard InChI is InChI=1S/C20H27FN4O3/c1-10(2)15(22)12-6-7-24(8-12)16-13(21)9-25-17(18(16)28-3)14(11-4-5-11)19(26)23-20(25)27/h9-12,15H,4-8,22H2,1-3H3,(H,23,26,27). The maximum Gasteiger partial charge on any atom is 0.333 e. The van der Waals surface area contributed by atoms with Crippen molar-refractivity contribution in [2.24, 2.45) is 17.6 Å². The van der Waals surface area contributed by atoms with Gasteiger partial charge in [0.15, 0.2) is 11.6 Å². The van der Waals surface area contributed by atoms with Gasteiger partial charge in [-0.25, -0.2) is 9.18 Å². The van der Waals surface area contributed by atoms with Crippen molar-refractivity contribution in [3.05, 3.63) is 38.4 Å². The molecule has 1 aliphatic carbocycles. The van der Waals surface area contributed by atoms with Gasteiger partial charge in [-0.3, -0.25) is 14.2 Å². The van der Waals surface area contributed by atoms with Gasteiger partial charge >= 0.3 is 5.69 Å². The molecule has 0 spiro atoms. The summed E-state index contributed by atoms with van der Waals surface area (Å²) in [5.41, 5.74) is 6.46. The fraction of sp³-hybridized carbons (Fsp3) is 0.600. The number of aromatic amines is 1. The Morgan fingerprint density at radius 3 is 2.61 bits per heavy atom. The van der Waals surface area contributed by atoms with Gasteiger partial charge in [0.1, 0.15) is 11.2 Å². The molecule has 0 bridgehead atoms. The first-order valence-electron chi connectivity index (χ1n) is 9.89. The zero-order valence-electron chi connectivity index (χ0n) is 16.5. The molecular formula is C20H27FN4O3. The van der Waals surface area contributed by atoms with Crippen molar-refractivity contribution in [1.82, 2.24) is 9.38 Å². The number of nitrogens with zero attached hydrogens (tertiary/aromatic N) is 2. The Hall–Kier alpha value is -2.35. The van der Waals surface area contributed by atoms with Crippen LogP contribution < -0.4 is 26.6 Å². The summed E-state index contributed by atoms with van der Waals surface area (Å²) in [5.74, 6) is 0.381. The van der Waals surface area contributed by atoms with Crippen LogP contribution in [0.15, 0.2) is 15.8 Å². The second-order valence-electron chi connectivity index (χ2n) is 8.34. The summed E-state index contributed by atoms with van der Waals surface area (Å²) >= 11 is 0. The summed E-state index contributed by atoms with van der Waals surface area (Å²) in [4.78, 5) is 29.0. The molecule has 4 rings (SSSR count). The lowest BCUT2D eigenvalue weighted by Crippen LogP contribution is -2.37. The predicted molar refractivity (Wildman–Crippen MR) is 106 cm³/mol. The fourth-order valence-electron chi connectivity index (χ4n) is 4.40. The topological polar surface area (TPSA) is 92.8 Å². The number of hydrogen-bond acceptors (Lipinski definition) is 5. The third kappa shape index (κ3) is 2.99. The van der Waals surface area contributed by atoms with Crippen LogP contribution in [0.25, 0.3) is 5.52 Å². The summed E-state index contributed by atoms with van der Waals surface area (Å²) in [6.45, 7) is 5.45. The number of nitrogens with one attached hydrogen (secondary N) is 1. The average molecular weight is 390 g/mol. The number of fused-ring (bicyclic) bond motifs is 1. The number of hydrogen-bond donors (Lipinski definition) is 2. The van der Waals surface area contributed by atoms with Crippen LogP contribution >= 0.6 is 0 Å². The summed E-state index contributed by atoms with van der Waals surface area (Å²) in [7, 11) is 1.45. The minimum Gasteiger partial charge on any atom is -0.492 e. The van der Waals surface area contributed by atoms with Crippen LogP contribution in [0.2, 0.25) is 0 Å². The molecule has 1 saturated carbocycles. The monoisotopic (exact) mass is 390 g/mol. The molecule has 2 aromatic heterocycles. The van der Waals surface area contributed by atoms with E-state index in [1.807, 2.05) is 4.90 Å². The van der Waals surface area contributed by atoms with Crippen LogP contribution in [-0.2, 0) is 0 Å². The largest absolute Gasteiger partial charge is 0.492 e. The van der Waals surface area contributed by atoms with Crippen molar-refractivity contribution < 1.29 is 9.13 Å². The molecule has 3 heterocycles. The number of aromatic nitrogens is 2. The quantitative estimate of drug-likeness (QED) is 0.812. The SMILES string of the molecule is COc1c(N2CCC(C(N)C(C)C)C2)c(F)cn2c(=O)[nH]c(=O)c(C3CC3)c12. The van der Waals surface area contributed by atoms with Gasteiger partial charge in [-0.1, -0.05) is 13.8 Å². The maximum atomic E-state index is 15.1. The number of halogens is 1. The van der Waals surface area contributed by atoms with Gasteiger partial charge in [-0.2, -0.15) is 0 Å². The van der Waals surface area contributed by atoms with E-state index in [0.29, 0.717) is 35.8 Å². The number of methoxy groups -OCH3 is 1. The van der Waals surface area contributed by atoms with Crippen LogP contribution in [0.5, 0.6) is 5.75 Å². The van der Waals surface area contributed by atoms with Gasteiger partial charge < -0.3 is 15.4 Å². The number of ether oxygens (including phenoxy) is 1. The Balaban J connectivity index is 1.88. The van der Waals surface area contributed by atoms with Crippen molar-refractivity contribution in [3.8, 4) is 5.75 Å². The molecule has 0 amide bonds. The Bertz CT molecular complexity index is 1020. The van der Waals surface area contributed by atoms with Gasteiger partial charge in [-0.05, 0) is 37.0 Å². The second-order valence-corrected chi connectivity index (χ2v) is 8.34. The number of nitrogens with two attached hydrogens (primary N) is 1. The molecule has 28 heavy (non-hydrogen) atoms. The molecule has 152 valence electrons. The highest BCUT2D eigenvalue weighted by molar-refractivity contribution is 5.78. The van der Waals surface area contributed by atoms with Crippen LogP contribution in [0.4, 0.5) is 10.1 Å². The molecule has 2 atom stereocenters. The minimum atomic E-state index is -0.658. The molecule has 8 heteroatoms. The maximum absolute atomic E-state index is 15.1. The lowest BCUT2D eigenvalue weighted by molar-refractivity contribution is 0.364. The van der Waals surface area contributed by atoms with Crippen LogP contribution in [0.1, 0.15) is 44.6 Å². The van der Waals surface area contributed by atoms with Crippen LogP contribution in [-0.4, -0.2) is 35.6 Å². The lowest BCUT2D eigenvalue weighted by Gasteiger charge is -2.26. The average Bonchev–Trinajstić information content (AvgIpc) is 3.36. The van der Waals surface area contributed by atoms with Gasteiger partial charge in [0.2, 0.25) is 0 Å². The normalized spacial score (nSPS) is 20.9. The third-order valence-corrected chi connectivity index (χ3v) is 6.12. The second kappa shape index (κ2) is 6.92. The summed E-state index contributed by atoms with van der Waals surface area (Å²) in [6.07, 6.45) is 3.78. The van der Waals surface area contributed by atoms with E-state index in [0.717, 1.165) is 25.5 Å².